The van der Waals surface area contributed by atoms with Crippen LogP contribution in [-0.2, 0) is 0 Å². The molecule has 0 aliphatic carbocycles. The first-order chi connectivity index (χ1) is 10.5. The molecule has 0 saturated heterocycles. The van der Waals surface area contributed by atoms with Gasteiger partial charge in [-0.25, -0.2) is 9.97 Å². The van der Waals surface area contributed by atoms with Gasteiger partial charge in [-0.1, -0.05) is 0 Å². The van der Waals surface area contributed by atoms with Gasteiger partial charge in [-0.05, 0) is 45.0 Å². The average Bonchev–Trinajstić information content (AvgIpc) is 3.08. The molecule has 0 aliphatic rings. The third-order valence-corrected chi connectivity index (χ3v) is 3.47. The molecule has 0 aliphatic heterocycles. The number of carbonyl (C=O) groups is 1. The Morgan fingerprint density at radius 2 is 1.91 bits per heavy atom. The Morgan fingerprint density at radius 1 is 1.18 bits per heavy atom. The van der Waals surface area contributed by atoms with Crippen molar-refractivity contribution >= 4 is 11.6 Å². The van der Waals surface area contributed by atoms with Crippen molar-refractivity contribution in [3.8, 4) is 5.69 Å². The number of hydrogen-bond acceptors (Lipinski definition) is 4. The fraction of sp³-hybridized carbons (Fsp3) is 0.188. The van der Waals surface area contributed by atoms with Gasteiger partial charge in [0.2, 0.25) is 0 Å². The minimum Gasteiger partial charge on any atom is -0.441 e. The molecule has 0 spiro atoms. The van der Waals surface area contributed by atoms with Gasteiger partial charge in [0.05, 0.1) is 17.7 Å². The van der Waals surface area contributed by atoms with E-state index in [1.54, 1.807) is 13.3 Å². The van der Waals surface area contributed by atoms with E-state index in [1.807, 2.05) is 42.7 Å². The van der Waals surface area contributed by atoms with Gasteiger partial charge in [-0.15, -0.1) is 0 Å². The zero-order valence-corrected chi connectivity index (χ0v) is 12.6. The molecule has 0 radical (unpaired) electrons. The van der Waals surface area contributed by atoms with Crippen LogP contribution in [0.2, 0.25) is 0 Å². The maximum absolute atomic E-state index is 12.0. The summed E-state index contributed by atoms with van der Waals surface area (Å²) in [6.45, 7) is 5.76. The Hall–Kier alpha value is -2.89. The van der Waals surface area contributed by atoms with Crippen LogP contribution in [0.5, 0.6) is 0 Å². The number of anilines is 1. The summed E-state index contributed by atoms with van der Waals surface area (Å²) in [5, 5.41) is 2.75. The second-order valence-corrected chi connectivity index (χ2v) is 5.08. The molecule has 22 heavy (non-hydrogen) atoms. The summed E-state index contributed by atoms with van der Waals surface area (Å²) in [5.74, 6) is -0.307. The minimum atomic E-state index is -0.365. The van der Waals surface area contributed by atoms with Crippen LogP contribution in [0.15, 0.2) is 41.3 Å². The highest BCUT2D eigenvalue weighted by Crippen LogP contribution is 2.17. The molecule has 0 unspecified atom stereocenters. The molecule has 6 nitrogen and oxygen atoms in total. The number of aryl methyl sites for hydroxylation is 2. The monoisotopic (exact) mass is 296 g/mol. The molecule has 0 fully saturated rings. The zero-order valence-electron chi connectivity index (χ0n) is 12.6. The summed E-state index contributed by atoms with van der Waals surface area (Å²) < 4.78 is 7.07. The van der Waals surface area contributed by atoms with Gasteiger partial charge in [-0.3, -0.25) is 4.79 Å². The van der Waals surface area contributed by atoms with Crippen molar-refractivity contribution in [2.24, 2.45) is 0 Å². The fourth-order valence-corrected chi connectivity index (χ4v) is 2.11. The molecule has 0 atom stereocenters. The molecular weight excluding hydrogens is 280 g/mol. The third kappa shape index (κ3) is 2.63. The Kier molecular flexibility index (Phi) is 3.50. The molecule has 2 heterocycles. The summed E-state index contributed by atoms with van der Waals surface area (Å²) in [6.07, 6.45) is 3.23. The Morgan fingerprint density at radius 3 is 2.45 bits per heavy atom. The van der Waals surface area contributed by atoms with Crippen molar-refractivity contribution in [3.63, 3.8) is 0 Å². The topological polar surface area (TPSA) is 73.0 Å². The van der Waals surface area contributed by atoms with E-state index in [9.17, 15) is 4.79 Å². The molecule has 6 heteroatoms. The van der Waals surface area contributed by atoms with Gasteiger partial charge in [-0.2, -0.15) is 0 Å². The molecular formula is C16H16N4O2. The second kappa shape index (κ2) is 5.48. The number of imidazole rings is 1. The van der Waals surface area contributed by atoms with E-state index in [4.69, 9.17) is 4.42 Å². The highest BCUT2D eigenvalue weighted by atomic mass is 16.4. The number of carbonyl (C=O) groups excluding carboxylic acids is 1. The smallest absolute Gasteiger partial charge is 0.311 e. The van der Waals surface area contributed by atoms with E-state index >= 15 is 0 Å². The number of oxazole rings is 1. The number of benzene rings is 1. The van der Waals surface area contributed by atoms with Gasteiger partial charge >= 0.3 is 5.91 Å². The van der Waals surface area contributed by atoms with E-state index in [0.717, 1.165) is 17.1 Å². The predicted molar refractivity (Wildman–Crippen MR) is 82.2 cm³/mol. The quantitative estimate of drug-likeness (QED) is 0.806. The van der Waals surface area contributed by atoms with Crippen molar-refractivity contribution in [1.82, 2.24) is 14.5 Å². The standard InChI is InChI=1S/C16H16N4O2/c1-10-8-22-16(18-10)15(21)19-13-4-6-14(7-5-13)20-9-17-11(2)12(20)3/h4-9H,1-3H3,(H,19,21). The Balaban J connectivity index is 1.77. The lowest BCUT2D eigenvalue weighted by Crippen LogP contribution is -2.12. The van der Waals surface area contributed by atoms with E-state index < -0.39 is 0 Å². The second-order valence-electron chi connectivity index (χ2n) is 5.08. The largest absolute Gasteiger partial charge is 0.441 e. The van der Waals surface area contributed by atoms with Crippen LogP contribution in [-0.4, -0.2) is 20.4 Å². The lowest BCUT2D eigenvalue weighted by atomic mass is 10.2. The van der Waals surface area contributed by atoms with Gasteiger partial charge in [0.1, 0.15) is 6.26 Å². The first kappa shape index (κ1) is 14.1. The number of nitrogens with one attached hydrogen (secondary N) is 1. The van der Waals surface area contributed by atoms with Crippen LogP contribution in [0.1, 0.15) is 27.8 Å². The number of amides is 1. The minimum absolute atomic E-state index is 0.0580. The van der Waals surface area contributed by atoms with Crippen molar-refractivity contribution in [2.75, 3.05) is 5.32 Å². The van der Waals surface area contributed by atoms with Crippen molar-refractivity contribution in [3.05, 3.63) is 59.8 Å². The van der Waals surface area contributed by atoms with Crippen LogP contribution in [0.3, 0.4) is 0 Å². The first-order valence-corrected chi connectivity index (χ1v) is 6.89. The van der Waals surface area contributed by atoms with Gasteiger partial charge in [0.25, 0.3) is 5.89 Å². The normalized spacial score (nSPS) is 10.7. The van der Waals surface area contributed by atoms with Gasteiger partial charge in [0, 0.05) is 17.1 Å². The zero-order chi connectivity index (χ0) is 15.7. The summed E-state index contributed by atoms with van der Waals surface area (Å²) in [6, 6.07) is 7.50. The average molecular weight is 296 g/mol. The number of nitrogens with zero attached hydrogens (tertiary/aromatic N) is 3. The Bertz CT molecular complexity index is 815. The molecule has 0 saturated carbocycles. The predicted octanol–water partition coefficient (Wildman–Crippen LogP) is 3.04. The molecule has 1 amide bonds. The molecule has 0 bridgehead atoms. The highest BCUT2D eigenvalue weighted by Gasteiger charge is 2.12. The maximum Gasteiger partial charge on any atom is 0.311 e. The fourth-order valence-electron chi connectivity index (χ4n) is 2.11. The summed E-state index contributed by atoms with van der Waals surface area (Å²) in [4.78, 5) is 20.2. The maximum atomic E-state index is 12.0. The number of hydrogen-bond donors (Lipinski definition) is 1. The van der Waals surface area contributed by atoms with E-state index in [2.05, 4.69) is 15.3 Å². The third-order valence-electron chi connectivity index (χ3n) is 3.47. The van der Waals surface area contributed by atoms with Crippen LogP contribution < -0.4 is 5.32 Å². The van der Waals surface area contributed by atoms with Gasteiger partial charge in [0.15, 0.2) is 0 Å². The van der Waals surface area contributed by atoms with Crippen molar-refractivity contribution < 1.29 is 9.21 Å². The van der Waals surface area contributed by atoms with Crippen LogP contribution in [0.4, 0.5) is 5.69 Å². The molecule has 112 valence electrons. The van der Waals surface area contributed by atoms with E-state index in [0.29, 0.717) is 11.4 Å². The molecule has 3 aromatic rings. The molecule has 1 N–H and O–H groups in total. The molecule has 1 aromatic carbocycles. The molecule has 2 aromatic heterocycles. The van der Waals surface area contributed by atoms with Crippen LogP contribution >= 0.6 is 0 Å². The van der Waals surface area contributed by atoms with Gasteiger partial charge < -0.3 is 14.3 Å². The van der Waals surface area contributed by atoms with Crippen LogP contribution in [0.25, 0.3) is 5.69 Å². The van der Waals surface area contributed by atoms with E-state index in [1.165, 1.54) is 6.26 Å². The van der Waals surface area contributed by atoms with Crippen molar-refractivity contribution in [2.45, 2.75) is 20.8 Å². The van der Waals surface area contributed by atoms with Crippen molar-refractivity contribution in [1.29, 1.82) is 0 Å². The summed E-state index contributed by atoms with van der Waals surface area (Å²) in [7, 11) is 0. The molecule has 3 rings (SSSR count). The lowest BCUT2D eigenvalue weighted by molar-refractivity contribution is 0.0990. The summed E-state index contributed by atoms with van der Waals surface area (Å²) >= 11 is 0. The number of rotatable bonds is 3. The first-order valence-electron chi connectivity index (χ1n) is 6.89. The van der Waals surface area contributed by atoms with Crippen LogP contribution in [0, 0.1) is 20.8 Å². The SMILES string of the molecule is Cc1coc(C(=O)Nc2ccc(-n3cnc(C)c3C)cc2)n1. The number of aromatic nitrogens is 3. The van der Waals surface area contributed by atoms with E-state index in [-0.39, 0.29) is 11.8 Å². The Labute approximate surface area is 127 Å². The lowest BCUT2D eigenvalue weighted by Gasteiger charge is -2.07. The highest BCUT2D eigenvalue weighted by molar-refractivity contribution is 6.00. The summed E-state index contributed by atoms with van der Waals surface area (Å²) in [5.41, 5.74) is 4.43.